The summed E-state index contributed by atoms with van der Waals surface area (Å²) in [5, 5.41) is 17.2. The van der Waals surface area contributed by atoms with Crippen molar-refractivity contribution in [2.45, 2.75) is 45.7 Å². The average Bonchev–Trinajstić information content (AvgIpc) is 2.89. The Kier molecular flexibility index (Phi) is 7.40. The van der Waals surface area contributed by atoms with Crippen molar-refractivity contribution in [2.75, 3.05) is 6.61 Å². The van der Waals surface area contributed by atoms with E-state index in [2.05, 4.69) is 17.4 Å². The number of unbranched alkanes of at least 4 members (excludes halogenated alkanes) is 3. The Bertz CT molecular complexity index is 728. The molecule has 2 aromatic rings. The van der Waals surface area contributed by atoms with Gasteiger partial charge in [-0.1, -0.05) is 61.0 Å². The summed E-state index contributed by atoms with van der Waals surface area (Å²) in [6.45, 7) is 3.56. The standard InChI is InChI=1S/C15H20Cl3N5O/c1-2-3-4-5-6-22-15(19)23(21-20-22)7-8-24-14-10-12(17)11(16)9-13(14)18/h9-10,19H,2-8H2,1H3. The second-order valence-corrected chi connectivity index (χ2v) is 6.58. The van der Waals surface area contributed by atoms with Gasteiger partial charge in [0, 0.05) is 12.6 Å². The summed E-state index contributed by atoms with van der Waals surface area (Å²) >= 11 is 17.9. The molecule has 0 radical (unpaired) electrons. The van der Waals surface area contributed by atoms with Gasteiger partial charge in [-0.3, -0.25) is 5.41 Å². The number of aryl methyl sites for hydroxylation is 1. The topological polar surface area (TPSA) is 68.7 Å². The molecule has 0 saturated heterocycles. The molecular formula is C15H20Cl3N5O. The fourth-order valence-electron chi connectivity index (χ4n) is 2.16. The smallest absolute Gasteiger partial charge is 0.238 e. The van der Waals surface area contributed by atoms with Crippen LogP contribution in [0.5, 0.6) is 5.75 Å². The first-order chi connectivity index (χ1) is 11.5. The molecule has 1 aromatic heterocycles. The van der Waals surface area contributed by atoms with Gasteiger partial charge in [0.25, 0.3) is 0 Å². The molecule has 1 N–H and O–H groups in total. The third kappa shape index (κ3) is 5.13. The molecule has 1 heterocycles. The summed E-state index contributed by atoms with van der Waals surface area (Å²) in [5.41, 5.74) is 0.260. The molecule has 6 nitrogen and oxygen atoms in total. The summed E-state index contributed by atoms with van der Waals surface area (Å²) in [7, 11) is 0. The normalized spacial score (nSPS) is 11.0. The minimum atomic E-state index is 0.260. The van der Waals surface area contributed by atoms with Gasteiger partial charge in [0.05, 0.1) is 21.6 Å². The van der Waals surface area contributed by atoms with Crippen molar-refractivity contribution in [1.29, 1.82) is 5.41 Å². The molecule has 9 heteroatoms. The Morgan fingerprint density at radius 1 is 0.958 bits per heavy atom. The fourth-order valence-corrected chi connectivity index (χ4v) is 2.75. The molecule has 0 saturated carbocycles. The molecular weight excluding hydrogens is 373 g/mol. The van der Waals surface area contributed by atoms with E-state index in [1.54, 1.807) is 10.7 Å². The maximum Gasteiger partial charge on any atom is 0.238 e. The van der Waals surface area contributed by atoms with Crippen molar-refractivity contribution >= 4 is 34.8 Å². The van der Waals surface area contributed by atoms with Gasteiger partial charge in [0.15, 0.2) is 0 Å². The van der Waals surface area contributed by atoms with Crippen LogP contribution in [0.4, 0.5) is 0 Å². The number of nitrogens with one attached hydrogen (secondary N) is 1. The van der Waals surface area contributed by atoms with Crippen LogP contribution in [0.25, 0.3) is 0 Å². The van der Waals surface area contributed by atoms with Gasteiger partial charge in [-0.2, -0.15) is 0 Å². The number of aromatic nitrogens is 4. The van der Waals surface area contributed by atoms with Gasteiger partial charge in [-0.05, 0) is 22.9 Å². The van der Waals surface area contributed by atoms with E-state index in [-0.39, 0.29) is 5.62 Å². The summed E-state index contributed by atoms with van der Waals surface area (Å²) in [6, 6.07) is 3.11. The van der Waals surface area contributed by atoms with E-state index in [9.17, 15) is 0 Å². The van der Waals surface area contributed by atoms with Crippen LogP contribution in [-0.2, 0) is 13.1 Å². The number of nitrogens with zero attached hydrogens (tertiary/aromatic N) is 4. The molecule has 0 aliphatic heterocycles. The minimum absolute atomic E-state index is 0.260. The van der Waals surface area contributed by atoms with E-state index in [0.717, 1.165) is 12.8 Å². The lowest BCUT2D eigenvalue weighted by atomic mass is 10.2. The zero-order valence-corrected chi connectivity index (χ0v) is 15.7. The molecule has 0 spiro atoms. The highest BCUT2D eigenvalue weighted by Crippen LogP contribution is 2.33. The van der Waals surface area contributed by atoms with Crippen LogP contribution in [0, 0.1) is 5.41 Å². The van der Waals surface area contributed by atoms with Crippen molar-refractivity contribution in [1.82, 2.24) is 19.8 Å². The van der Waals surface area contributed by atoms with Gasteiger partial charge >= 0.3 is 0 Å². The monoisotopic (exact) mass is 391 g/mol. The third-order valence-electron chi connectivity index (χ3n) is 3.50. The van der Waals surface area contributed by atoms with E-state index in [1.165, 1.54) is 23.6 Å². The zero-order chi connectivity index (χ0) is 17.5. The van der Waals surface area contributed by atoms with Crippen LogP contribution in [0.1, 0.15) is 32.6 Å². The molecule has 0 amide bonds. The lowest BCUT2D eigenvalue weighted by Gasteiger charge is -2.09. The summed E-state index contributed by atoms with van der Waals surface area (Å²) in [6.07, 6.45) is 4.51. The Hall–Kier alpha value is -1.24. The maximum absolute atomic E-state index is 8.08. The molecule has 0 aliphatic carbocycles. The summed E-state index contributed by atoms with van der Waals surface area (Å²) in [5.74, 6) is 0.449. The molecule has 0 atom stereocenters. The van der Waals surface area contributed by atoms with Crippen LogP contribution in [0.3, 0.4) is 0 Å². The van der Waals surface area contributed by atoms with Gasteiger partial charge in [0.1, 0.15) is 12.4 Å². The average molecular weight is 393 g/mol. The first kappa shape index (κ1) is 19.1. The van der Waals surface area contributed by atoms with Gasteiger partial charge in [0.2, 0.25) is 5.62 Å². The molecule has 1 aromatic carbocycles. The second-order valence-electron chi connectivity index (χ2n) is 5.35. The van der Waals surface area contributed by atoms with Crippen LogP contribution in [-0.4, -0.2) is 26.4 Å². The quantitative estimate of drug-likeness (QED) is 0.514. The first-order valence-corrected chi connectivity index (χ1v) is 8.99. The molecule has 24 heavy (non-hydrogen) atoms. The highest BCUT2D eigenvalue weighted by Gasteiger charge is 2.08. The number of ether oxygens (including phenoxy) is 1. The van der Waals surface area contributed by atoms with E-state index in [4.69, 9.17) is 44.9 Å². The predicted molar refractivity (Wildman–Crippen MR) is 95.0 cm³/mol. The highest BCUT2D eigenvalue weighted by molar-refractivity contribution is 6.43. The lowest BCUT2D eigenvalue weighted by Crippen LogP contribution is -2.27. The van der Waals surface area contributed by atoms with Crippen LogP contribution >= 0.6 is 34.8 Å². The van der Waals surface area contributed by atoms with Crippen molar-refractivity contribution in [3.63, 3.8) is 0 Å². The van der Waals surface area contributed by atoms with Crippen LogP contribution in [0.15, 0.2) is 12.1 Å². The first-order valence-electron chi connectivity index (χ1n) is 7.85. The molecule has 132 valence electrons. The predicted octanol–water partition coefficient (Wildman–Crippen LogP) is 4.18. The fraction of sp³-hybridized carbons (Fsp3) is 0.533. The number of hydrogen-bond donors (Lipinski definition) is 1. The Morgan fingerprint density at radius 3 is 2.33 bits per heavy atom. The van der Waals surface area contributed by atoms with Crippen molar-refractivity contribution in [3.05, 3.63) is 32.8 Å². The van der Waals surface area contributed by atoms with E-state index >= 15 is 0 Å². The molecule has 0 bridgehead atoms. The molecule has 0 unspecified atom stereocenters. The number of rotatable bonds is 9. The Morgan fingerprint density at radius 2 is 1.62 bits per heavy atom. The van der Waals surface area contributed by atoms with Crippen molar-refractivity contribution in [2.24, 2.45) is 0 Å². The van der Waals surface area contributed by atoms with E-state index in [0.29, 0.717) is 40.5 Å². The van der Waals surface area contributed by atoms with Crippen LogP contribution in [0.2, 0.25) is 15.1 Å². The maximum atomic E-state index is 8.08. The summed E-state index contributed by atoms with van der Waals surface area (Å²) < 4.78 is 8.69. The third-order valence-corrected chi connectivity index (χ3v) is 4.52. The van der Waals surface area contributed by atoms with Gasteiger partial charge < -0.3 is 4.74 Å². The van der Waals surface area contributed by atoms with Crippen molar-refractivity contribution in [3.8, 4) is 5.75 Å². The lowest BCUT2D eigenvalue weighted by molar-refractivity contribution is 0.286. The highest BCUT2D eigenvalue weighted by atomic mass is 35.5. The molecule has 0 aliphatic rings. The number of halogens is 3. The number of hydrogen-bond acceptors (Lipinski definition) is 4. The van der Waals surface area contributed by atoms with Gasteiger partial charge in [-0.15, -0.1) is 0 Å². The zero-order valence-electron chi connectivity index (χ0n) is 13.4. The van der Waals surface area contributed by atoms with Crippen LogP contribution < -0.4 is 10.4 Å². The molecule has 2 rings (SSSR count). The van der Waals surface area contributed by atoms with Crippen molar-refractivity contribution < 1.29 is 4.74 Å². The number of tetrazole rings is 1. The summed E-state index contributed by atoms with van der Waals surface area (Å²) in [4.78, 5) is 0. The van der Waals surface area contributed by atoms with Gasteiger partial charge in [-0.25, -0.2) is 9.36 Å². The Labute approximate surface area is 155 Å². The number of benzene rings is 1. The van der Waals surface area contributed by atoms with E-state index in [1.807, 2.05) is 0 Å². The van der Waals surface area contributed by atoms with E-state index < -0.39 is 0 Å². The SMILES string of the molecule is CCCCCCn1nnn(CCOc2cc(Cl)c(Cl)cc2Cl)c1=N. The second kappa shape index (κ2) is 9.30. The minimum Gasteiger partial charge on any atom is -0.490 e. The largest absolute Gasteiger partial charge is 0.490 e. The Balaban J connectivity index is 1.88. The molecule has 0 fully saturated rings.